The Morgan fingerprint density at radius 2 is 1.57 bits per heavy atom. The molecule has 3 nitrogen and oxygen atoms in total. The Hall–Kier alpha value is 0.130. The molecule has 0 radical (unpaired) electrons. The molecule has 0 bridgehead atoms. The lowest BCUT2D eigenvalue weighted by Gasteiger charge is -2.19. The smallest absolute Gasteiger partial charge is 0.240 e. The van der Waals surface area contributed by atoms with Crippen LogP contribution in [0.15, 0.2) is 0 Å². The second-order valence-electron chi connectivity index (χ2n) is 5.09. The lowest BCUT2D eigenvalue weighted by molar-refractivity contribution is -0.128. The van der Waals surface area contributed by atoms with Gasteiger partial charge < -0.3 is 0 Å². The Bertz CT molecular complexity index is 194. The van der Waals surface area contributed by atoms with Crippen molar-refractivity contribution in [1.29, 1.82) is 0 Å². The third-order valence-corrected chi connectivity index (χ3v) is 3.95. The minimum atomic E-state index is -0.347. The number of carbonyl (C=O) groups is 1. The largest absolute Gasteiger partial charge is 0.281 e. The summed E-state index contributed by atoms with van der Waals surface area (Å²) in [4.78, 5) is 14.2. The molecule has 0 atom stereocenters. The highest BCUT2D eigenvalue weighted by atomic mass is 33.1. The Labute approximate surface area is 94.7 Å². The fourth-order valence-corrected chi connectivity index (χ4v) is 1.83. The van der Waals surface area contributed by atoms with Gasteiger partial charge in [-0.1, -0.05) is 52.3 Å². The van der Waals surface area contributed by atoms with Crippen LogP contribution >= 0.6 is 21.8 Å². The van der Waals surface area contributed by atoms with Gasteiger partial charge in [0, 0.05) is 21.1 Å². The van der Waals surface area contributed by atoms with Crippen LogP contribution in [0, 0.1) is 5.41 Å². The van der Waals surface area contributed by atoms with Crippen LogP contribution in [0.2, 0.25) is 0 Å². The number of hydrogen-bond donors (Lipinski definition) is 2. The van der Waals surface area contributed by atoms with Gasteiger partial charge in [-0.2, -0.15) is 4.83 Å². The van der Waals surface area contributed by atoms with Crippen LogP contribution in [-0.4, -0.2) is 10.7 Å². The van der Waals surface area contributed by atoms with Gasteiger partial charge >= 0.3 is 0 Å². The Morgan fingerprint density at radius 3 is 1.93 bits per heavy atom. The van der Waals surface area contributed by atoms with Crippen molar-refractivity contribution in [3.05, 3.63) is 0 Å². The highest BCUT2D eigenvalue weighted by Crippen LogP contribution is 2.32. The lowest BCUT2D eigenvalue weighted by atomic mass is 9.96. The van der Waals surface area contributed by atoms with Gasteiger partial charge in [0.05, 0.1) is 0 Å². The first-order valence-electron chi connectivity index (χ1n) is 4.53. The van der Waals surface area contributed by atoms with Crippen LogP contribution in [-0.2, 0) is 4.79 Å². The highest BCUT2D eigenvalue weighted by Gasteiger charge is 2.21. The van der Waals surface area contributed by atoms with Crippen molar-refractivity contribution in [3.8, 4) is 0 Å². The van der Waals surface area contributed by atoms with Gasteiger partial charge in [-0.3, -0.25) is 10.2 Å². The summed E-state index contributed by atoms with van der Waals surface area (Å²) in [5.41, 5.74) is 2.30. The third-order valence-electron chi connectivity index (χ3n) is 1.18. The number of carbonyl (C=O) groups excluding carboxylic acids is 1. The topological polar surface area (TPSA) is 41.1 Å². The molecule has 0 saturated heterocycles. The van der Waals surface area contributed by atoms with E-state index in [9.17, 15) is 4.79 Å². The third kappa shape index (κ3) is 7.53. The van der Waals surface area contributed by atoms with E-state index in [1.54, 1.807) is 10.8 Å². The van der Waals surface area contributed by atoms with Crippen molar-refractivity contribution in [3.63, 3.8) is 0 Å². The van der Waals surface area contributed by atoms with Crippen LogP contribution in [0.5, 0.6) is 0 Å². The Balaban J connectivity index is 3.62. The van der Waals surface area contributed by atoms with Crippen molar-refractivity contribution in [2.45, 2.75) is 46.3 Å². The van der Waals surface area contributed by atoms with Gasteiger partial charge in [0.1, 0.15) is 0 Å². The Morgan fingerprint density at radius 1 is 1.07 bits per heavy atom. The quantitative estimate of drug-likeness (QED) is 0.342. The monoisotopic (exact) mass is 236 g/mol. The van der Waals surface area contributed by atoms with Crippen LogP contribution in [0.25, 0.3) is 0 Å². The van der Waals surface area contributed by atoms with E-state index in [4.69, 9.17) is 0 Å². The molecule has 1 amide bonds. The summed E-state index contributed by atoms with van der Waals surface area (Å²) in [5.74, 6) is -0.000454. The summed E-state index contributed by atoms with van der Waals surface area (Å²) in [6.45, 7) is 12.0. The second-order valence-corrected chi connectivity index (χ2v) is 7.85. The number of rotatable bonds is 3. The molecule has 0 aliphatic heterocycles. The average Bonchev–Trinajstić information content (AvgIpc) is 1.93. The van der Waals surface area contributed by atoms with Crippen LogP contribution in [0.1, 0.15) is 41.5 Å². The molecule has 0 fully saturated rings. The molecular formula is C9H20N2OS2. The van der Waals surface area contributed by atoms with Gasteiger partial charge in [-0.25, -0.2) is 0 Å². The van der Waals surface area contributed by atoms with Gasteiger partial charge in [0.15, 0.2) is 0 Å². The van der Waals surface area contributed by atoms with E-state index in [2.05, 4.69) is 31.0 Å². The summed E-state index contributed by atoms with van der Waals surface area (Å²) >= 11 is 0. The van der Waals surface area contributed by atoms with E-state index in [0.717, 1.165) is 0 Å². The predicted molar refractivity (Wildman–Crippen MR) is 65.7 cm³/mol. The molecule has 0 aromatic rings. The zero-order valence-electron chi connectivity index (χ0n) is 9.72. The first-order valence-corrected chi connectivity index (χ1v) is 6.68. The molecule has 0 rings (SSSR count). The highest BCUT2D eigenvalue weighted by molar-refractivity contribution is 8.76. The van der Waals surface area contributed by atoms with E-state index in [-0.39, 0.29) is 16.1 Å². The molecule has 2 N–H and O–H groups in total. The summed E-state index contributed by atoms with van der Waals surface area (Å²) in [7, 11) is 3.12. The molecule has 0 saturated carbocycles. The van der Waals surface area contributed by atoms with E-state index < -0.39 is 0 Å². The molecule has 0 aliphatic carbocycles. The molecule has 0 spiro atoms. The SMILES string of the molecule is CC(C)(C)SSNNC(=O)C(C)(C)C. The molecule has 0 heterocycles. The standard InChI is InChI=1S/C9H20N2OS2/c1-8(2,3)7(12)10-11-14-13-9(4,5)6/h11H,1-6H3,(H,10,12). The fourth-order valence-electron chi connectivity index (χ4n) is 0.401. The lowest BCUT2D eigenvalue weighted by Crippen LogP contribution is -2.40. The van der Waals surface area contributed by atoms with E-state index in [1.807, 2.05) is 20.8 Å². The normalized spacial score (nSPS) is 12.7. The number of hydrazine groups is 1. The molecule has 0 aromatic heterocycles. The first-order chi connectivity index (χ1) is 6.13. The molecule has 0 unspecified atom stereocenters. The minimum Gasteiger partial charge on any atom is -0.281 e. The maximum atomic E-state index is 11.4. The van der Waals surface area contributed by atoms with E-state index >= 15 is 0 Å². The van der Waals surface area contributed by atoms with Crippen molar-refractivity contribution < 1.29 is 4.79 Å². The van der Waals surface area contributed by atoms with E-state index in [1.165, 1.54) is 11.0 Å². The summed E-state index contributed by atoms with van der Waals surface area (Å²) < 4.78 is 0.185. The summed E-state index contributed by atoms with van der Waals surface area (Å²) in [6.07, 6.45) is 0. The van der Waals surface area contributed by atoms with Crippen LogP contribution in [0.3, 0.4) is 0 Å². The number of amides is 1. The Kier molecular flexibility index (Phi) is 5.33. The second kappa shape index (κ2) is 5.28. The summed E-state index contributed by atoms with van der Waals surface area (Å²) in [5, 5.41) is 0. The molecule has 84 valence electrons. The predicted octanol–water partition coefficient (Wildman–Crippen LogP) is 2.75. The van der Waals surface area contributed by atoms with Gasteiger partial charge in [0.2, 0.25) is 5.91 Å². The van der Waals surface area contributed by atoms with Crippen molar-refractivity contribution >= 4 is 27.7 Å². The average molecular weight is 236 g/mol. The van der Waals surface area contributed by atoms with Crippen LogP contribution < -0.4 is 10.3 Å². The molecule has 5 heteroatoms. The maximum Gasteiger partial charge on any atom is 0.240 e. The number of hydrogen-bond acceptors (Lipinski definition) is 4. The van der Waals surface area contributed by atoms with Crippen molar-refractivity contribution in [2.75, 3.05) is 0 Å². The molecule has 0 aliphatic rings. The summed E-state index contributed by atoms with van der Waals surface area (Å²) in [6, 6.07) is 0. The van der Waals surface area contributed by atoms with Gasteiger partial charge in [0.25, 0.3) is 0 Å². The van der Waals surface area contributed by atoms with Crippen molar-refractivity contribution in [2.24, 2.45) is 5.41 Å². The molecule has 0 aromatic carbocycles. The minimum absolute atomic E-state index is 0.000454. The molecule has 14 heavy (non-hydrogen) atoms. The zero-order valence-corrected chi connectivity index (χ0v) is 11.4. The number of nitrogens with one attached hydrogen (secondary N) is 2. The fraction of sp³-hybridized carbons (Fsp3) is 0.889. The maximum absolute atomic E-state index is 11.4. The van der Waals surface area contributed by atoms with Gasteiger partial charge in [-0.05, 0) is 0 Å². The first kappa shape index (κ1) is 14.1. The zero-order chi connectivity index (χ0) is 11.4. The van der Waals surface area contributed by atoms with Gasteiger partial charge in [-0.15, -0.1) is 0 Å². The van der Waals surface area contributed by atoms with Crippen LogP contribution in [0.4, 0.5) is 0 Å². The molecular weight excluding hydrogens is 216 g/mol. The van der Waals surface area contributed by atoms with E-state index in [0.29, 0.717) is 0 Å². The van der Waals surface area contributed by atoms with Crippen molar-refractivity contribution in [1.82, 2.24) is 10.3 Å².